The maximum absolute atomic E-state index is 10.0. The Morgan fingerprint density at radius 2 is 1.96 bits per heavy atom. The van der Waals surface area contributed by atoms with Crippen molar-refractivity contribution in [2.75, 3.05) is 18.0 Å². The molecule has 1 saturated heterocycles. The summed E-state index contributed by atoms with van der Waals surface area (Å²) < 4.78 is 0. The Bertz CT molecular complexity index is 877. The summed E-state index contributed by atoms with van der Waals surface area (Å²) in [5, 5.41) is 10.7. The van der Waals surface area contributed by atoms with Gasteiger partial charge in [0, 0.05) is 24.7 Å². The molecule has 1 aliphatic carbocycles. The average molecular weight is 401 g/mol. The highest BCUT2D eigenvalue weighted by Gasteiger charge is 2.43. The summed E-state index contributed by atoms with van der Waals surface area (Å²) in [6.45, 7) is 5.64. The van der Waals surface area contributed by atoms with Crippen molar-refractivity contribution in [3.63, 3.8) is 0 Å². The van der Waals surface area contributed by atoms with Crippen molar-refractivity contribution >= 4 is 17.4 Å². The number of anilines is 1. The number of halogens is 1. The van der Waals surface area contributed by atoms with Crippen LogP contribution in [-0.4, -0.2) is 34.2 Å². The molecule has 5 nitrogen and oxygen atoms in total. The maximum atomic E-state index is 10.0. The molecule has 2 fully saturated rings. The summed E-state index contributed by atoms with van der Waals surface area (Å²) in [6, 6.07) is 6.23. The lowest BCUT2D eigenvalue weighted by Gasteiger charge is -2.42. The molecule has 0 unspecified atom stereocenters. The van der Waals surface area contributed by atoms with Crippen LogP contribution in [0.3, 0.4) is 0 Å². The normalized spacial score (nSPS) is 21.5. The Kier molecular flexibility index (Phi) is 5.34. The van der Waals surface area contributed by atoms with Crippen molar-refractivity contribution in [1.82, 2.24) is 9.97 Å². The van der Waals surface area contributed by atoms with E-state index in [9.17, 15) is 5.11 Å². The van der Waals surface area contributed by atoms with Crippen molar-refractivity contribution in [1.29, 1.82) is 0 Å². The lowest BCUT2D eigenvalue weighted by Crippen LogP contribution is -2.47. The molecule has 4 rings (SSSR count). The average Bonchev–Trinajstić information content (AvgIpc) is 3.04. The van der Waals surface area contributed by atoms with Crippen LogP contribution in [0, 0.1) is 19.3 Å². The van der Waals surface area contributed by atoms with Crippen molar-refractivity contribution in [3.8, 4) is 11.3 Å². The highest BCUT2D eigenvalue weighted by Crippen LogP contribution is 2.46. The summed E-state index contributed by atoms with van der Waals surface area (Å²) in [4.78, 5) is 11.9. The van der Waals surface area contributed by atoms with Crippen LogP contribution in [0.1, 0.15) is 49.1 Å². The molecule has 3 N–H and O–H groups in total. The Balaban J connectivity index is 1.64. The van der Waals surface area contributed by atoms with Crippen LogP contribution in [0.4, 0.5) is 5.82 Å². The summed E-state index contributed by atoms with van der Waals surface area (Å²) in [5.41, 5.74) is 10.8. The maximum Gasteiger partial charge on any atom is 0.153 e. The van der Waals surface area contributed by atoms with Gasteiger partial charge in [0.15, 0.2) is 5.82 Å². The van der Waals surface area contributed by atoms with Gasteiger partial charge in [-0.25, -0.2) is 9.97 Å². The molecule has 1 aromatic carbocycles. The third kappa shape index (κ3) is 3.30. The third-order valence-electron chi connectivity index (χ3n) is 6.75. The molecular formula is C22H29ClN4O. The van der Waals surface area contributed by atoms with Crippen LogP contribution in [0.2, 0.25) is 5.02 Å². The first-order valence-corrected chi connectivity index (χ1v) is 10.6. The van der Waals surface area contributed by atoms with E-state index >= 15 is 0 Å². The number of hydrogen-bond acceptors (Lipinski definition) is 5. The fourth-order valence-corrected chi connectivity index (χ4v) is 5.15. The van der Waals surface area contributed by atoms with Gasteiger partial charge in [0.2, 0.25) is 0 Å². The highest BCUT2D eigenvalue weighted by atomic mass is 35.5. The molecule has 2 heterocycles. The van der Waals surface area contributed by atoms with Gasteiger partial charge in [-0.3, -0.25) is 0 Å². The molecule has 1 aliphatic heterocycles. The largest absolute Gasteiger partial charge is 0.390 e. The minimum Gasteiger partial charge on any atom is -0.390 e. The van der Waals surface area contributed by atoms with Gasteiger partial charge in [-0.05, 0) is 50.5 Å². The fraction of sp³-hybridized carbons (Fsp3) is 0.545. The first-order chi connectivity index (χ1) is 13.4. The van der Waals surface area contributed by atoms with E-state index in [1.54, 1.807) is 0 Å². The number of nitrogens with zero attached hydrogens (tertiary/aromatic N) is 3. The second-order valence-electron chi connectivity index (χ2n) is 8.37. The van der Waals surface area contributed by atoms with E-state index in [-0.39, 0.29) is 6.61 Å². The molecule has 0 radical (unpaired) electrons. The number of piperidine rings is 1. The van der Waals surface area contributed by atoms with E-state index in [0.717, 1.165) is 60.7 Å². The van der Waals surface area contributed by atoms with Crippen LogP contribution >= 0.6 is 11.6 Å². The van der Waals surface area contributed by atoms with Crippen molar-refractivity contribution in [2.24, 2.45) is 11.1 Å². The van der Waals surface area contributed by atoms with E-state index in [1.807, 2.05) is 32.0 Å². The van der Waals surface area contributed by atoms with Crippen molar-refractivity contribution < 1.29 is 5.11 Å². The van der Waals surface area contributed by atoms with Crippen LogP contribution in [0.25, 0.3) is 11.3 Å². The molecule has 1 aromatic heterocycles. The zero-order valence-electron chi connectivity index (χ0n) is 16.7. The molecule has 0 bridgehead atoms. The second-order valence-corrected chi connectivity index (χ2v) is 8.75. The molecule has 1 spiro atoms. The number of hydrogen-bond donors (Lipinski definition) is 2. The lowest BCUT2D eigenvalue weighted by molar-refractivity contribution is 0.196. The highest BCUT2D eigenvalue weighted by molar-refractivity contribution is 6.34. The molecule has 0 amide bonds. The molecular weight excluding hydrogens is 372 g/mol. The number of benzene rings is 1. The molecule has 6 heteroatoms. The molecule has 2 aromatic rings. The Hall–Kier alpha value is -1.69. The van der Waals surface area contributed by atoms with Gasteiger partial charge in [-0.2, -0.15) is 0 Å². The van der Waals surface area contributed by atoms with Gasteiger partial charge < -0.3 is 15.7 Å². The van der Waals surface area contributed by atoms with Gasteiger partial charge in [-0.1, -0.05) is 36.2 Å². The van der Waals surface area contributed by atoms with E-state index in [0.29, 0.717) is 22.2 Å². The van der Waals surface area contributed by atoms with Crippen LogP contribution in [0.15, 0.2) is 18.2 Å². The first kappa shape index (κ1) is 19.6. The SMILES string of the molecule is Cc1cccc(-c2nc(CO)c(N3CCC4(CCC[C@H]4N)CC3)nc2C)c1Cl. The fourth-order valence-electron chi connectivity index (χ4n) is 4.94. The topological polar surface area (TPSA) is 75.3 Å². The number of aryl methyl sites for hydroxylation is 2. The van der Waals surface area contributed by atoms with Gasteiger partial charge in [-0.15, -0.1) is 0 Å². The van der Waals surface area contributed by atoms with Crippen molar-refractivity contribution in [2.45, 2.75) is 58.6 Å². The minimum atomic E-state index is -0.139. The van der Waals surface area contributed by atoms with E-state index in [2.05, 4.69) is 4.90 Å². The second kappa shape index (κ2) is 7.62. The number of rotatable bonds is 3. The van der Waals surface area contributed by atoms with Crippen LogP contribution in [-0.2, 0) is 6.61 Å². The molecule has 1 saturated carbocycles. The Morgan fingerprint density at radius 3 is 2.61 bits per heavy atom. The summed E-state index contributed by atoms with van der Waals surface area (Å²) in [5.74, 6) is 0.800. The van der Waals surface area contributed by atoms with Gasteiger partial charge in [0.1, 0.15) is 5.69 Å². The van der Waals surface area contributed by atoms with Crippen LogP contribution < -0.4 is 10.6 Å². The minimum absolute atomic E-state index is 0.139. The first-order valence-electron chi connectivity index (χ1n) is 10.2. The zero-order chi connectivity index (χ0) is 19.9. The van der Waals surface area contributed by atoms with E-state index in [1.165, 1.54) is 12.8 Å². The van der Waals surface area contributed by atoms with Gasteiger partial charge in [0.05, 0.1) is 23.0 Å². The number of aliphatic hydroxyl groups excluding tert-OH is 1. The number of aromatic nitrogens is 2. The molecule has 2 aliphatic rings. The quantitative estimate of drug-likeness (QED) is 0.814. The predicted molar refractivity (Wildman–Crippen MR) is 114 cm³/mol. The predicted octanol–water partition coefficient (Wildman–Crippen LogP) is 4.00. The smallest absolute Gasteiger partial charge is 0.153 e. The number of aliphatic hydroxyl groups is 1. The summed E-state index contributed by atoms with van der Waals surface area (Å²) >= 11 is 6.51. The Morgan fingerprint density at radius 1 is 1.21 bits per heavy atom. The lowest BCUT2D eigenvalue weighted by atomic mass is 9.74. The summed E-state index contributed by atoms with van der Waals surface area (Å²) in [7, 11) is 0. The standard InChI is InChI=1S/C22H29ClN4O/c1-14-5-3-6-16(19(14)23)20-15(2)25-21(17(13-28)26-20)27-11-9-22(10-12-27)8-4-7-18(22)24/h3,5-6,18,28H,4,7-13,24H2,1-2H3/t18-/m1/s1. The number of nitrogens with two attached hydrogens (primary N) is 1. The van der Waals surface area contributed by atoms with E-state index < -0.39 is 0 Å². The van der Waals surface area contributed by atoms with E-state index in [4.69, 9.17) is 27.3 Å². The zero-order valence-corrected chi connectivity index (χ0v) is 17.5. The van der Waals surface area contributed by atoms with Gasteiger partial charge >= 0.3 is 0 Å². The molecule has 1 atom stereocenters. The summed E-state index contributed by atoms with van der Waals surface area (Å²) in [6.07, 6.45) is 5.81. The Labute approximate surface area is 171 Å². The van der Waals surface area contributed by atoms with Gasteiger partial charge in [0.25, 0.3) is 0 Å². The third-order valence-corrected chi connectivity index (χ3v) is 7.25. The molecule has 28 heavy (non-hydrogen) atoms. The van der Waals surface area contributed by atoms with Crippen LogP contribution in [0.5, 0.6) is 0 Å². The monoisotopic (exact) mass is 400 g/mol. The van der Waals surface area contributed by atoms with Crippen molar-refractivity contribution in [3.05, 3.63) is 40.2 Å². The molecule has 150 valence electrons.